The molecule has 1 aliphatic rings. The zero-order chi connectivity index (χ0) is 19.5. The summed E-state index contributed by atoms with van der Waals surface area (Å²) in [4.78, 5) is 29.6. The fourth-order valence-electron chi connectivity index (χ4n) is 3.87. The number of halogens is 1. The third-order valence-corrected chi connectivity index (χ3v) is 5.35. The number of aromatic nitrogens is 2. The highest BCUT2D eigenvalue weighted by Gasteiger charge is 2.23. The summed E-state index contributed by atoms with van der Waals surface area (Å²) >= 11 is 0. The first-order valence-corrected chi connectivity index (χ1v) is 9.58. The molecule has 1 saturated heterocycles. The molecule has 0 bridgehead atoms. The van der Waals surface area contributed by atoms with E-state index in [0.717, 1.165) is 37.0 Å². The van der Waals surface area contributed by atoms with Crippen molar-refractivity contribution in [1.82, 2.24) is 14.5 Å². The fourth-order valence-corrected chi connectivity index (χ4v) is 3.87. The first-order valence-electron chi connectivity index (χ1n) is 9.58. The molecule has 3 aromatic rings. The van der Waals surface area contributed by atoms with Gasteiger partial charge in [-0.15, -0.1) is 0 Å². The Labute approximate surface area is 162 Å². The Morgan fingerprint density at radius 3 is 2.61 bits per heavy atom. The van der Waals surface area contributed by atoms with Crippen molar-refractivity contribution >= 4 is 22.6 Å². The van der Waals surface area contributed by atoms with Crippen LogP contribution in [0.2, 0.25) is 0 Å². The van der Waals surface area contributed by atoms with Gasteiger partial charge in [-0.2, -0.15) is 0 Å². The number of para-hydroxylation sites is 3. The summed E-state index contributed by atoms with van der Waals surface area (Å²) in [5.41, 5.74) is 1.95. The van der Waals surface area contributed by atoms with E-state index in [2.05, 4.69) is 15.2 Å². The number of H-pyrrole nitrogens is 1. The van der Waals surface area contributed by atoms with Crippen molar-refractivity contribution < 1.29 is 9.18 Å². The predicted molar refractivity (Wildman–Crippen MR) is 107 cm³/mol. The first-order chi connectivity index (χ1) is 13.6. The van der Waals surface area contributed by atoms with E-state index in [0.29, 0.717) is 13.0 Å². The molecule has 1 amide bonds. The third-order valence-electron chi connectivity index (χ3n) is 5.35. The zero-order valence-electron chi connectivity index (χ0n) is 15.5. The highest BCUT2D eigenvalue weighted by Crippen LogP contribution is 2.24. The normalized spacial score (nSPS) is 15.8. The molecule has 0 spiro atoms. The second-order valence-electron chi connectivity index (χ2n) is 7.17. The molecule has 0 unspecified atom stereocenters. The van der Waals surface area contributed by atoms with Gasteiger partial charge in [-0.05, 0) is 37.1 Å². The van der Waals surface area contributed by atoms with Gasteiger partial charge in [0.25, 0.3) is 0 Å². The van der Waals surface area contributed by atoms with Gasteiger partial charge < -0.3 is 15.2 Å². The molecule has 1 aliphatic heterocycles. The number of nitrogens with zero attached hydrogens (tertiary/aromatic N) is 2. The quantitative estimate of drug-likeness (QED) is 0.712. The number of carbonyl (C=O) groups excluding carboxylic acids is 1. The minimum Gasteiger partial charge on any atom is -0.324 e. The number of anilines is 1. The molecule has 1 fully saturated rings. The first kappa shape index (κ1) is 18.4. The molecule has 2 aromatic carbocycles. The smallest absolute Gasteiger partial charge is 0.324 e. The standard InChI is InChI=1S/C21H23FN4O2/c22-16-5-1-2-6-17(16)23-20(27)11-14-25-12-9-15(10-13-25)26-19-8-4-3-7-18(19)24-21(26)28/h1-8,15H,9-14H2,(H,23,27)(H,24,28). The average Bonchev–Trinajstić information content (AvgIpc) is 3.04. The largest absolute Gasteiger partial charge is 0.326 e. The molecule has 2 heterocycles. The van der Waals surface area contributed by atoms with Crippen LogP contribution >= 0.6 is 0 Å². The second-order valence-corrected chi connectivity index (χ2v) is 7.17. The maximum Gasteiger partial charge on any atom is 0.326 e. The minimum atomic E-state index is -0.430. The van der Waals surface area contributed by atoms with Crippen LogP contribution in [0.4, 0.5) is 10.1 Å². The van der Waals surface area contributed by atoms with Crippen molar-refractivity contribution in [2.24, 2.45) is 0 Å². The average molecular weight is 382 g/mol. The lowest BCUT2D eigenvalue weighted by Gasteiger charge is -2.32. The number of fused-ring (bicyclic) bond motifs is 1. The number of benzene rings is 2. The number of piperidine rings is 1. The number of aromatic amines is 1. The van der Waals surface area contributed by atoms with Crippen molar-refractivity contribution in [3.63, 3.8) is 0 Å². The topological polar surface area (TPSA) is 70.1 Å². The number of amides is 1. The van der Waals surface area contributed by atoms with Crippen molar-refractivity contribution in [2.45, 2.75) is 25.3 Å². The van der Waals surface area contributed by atoms with Crippen molar-refractivity contribution in [3.05, 3.63) is 64.8 Å². The number of carbonyl (C=O) groups is 1. The molecule has 0 saturated carbocycles. The van der Waals surface area contributed by atoms with Crippen LogP contribution in [0, 0.1) is 5.82 Å². The lowest BCUT2D eigenvalue weighted by Crippen LogP contribution is -2.38. The van der Waals surface area contributed by atoms with E-state index >= 15 is 0 Å². The number of hydrogen-bond donors (Lipinski definition) is 2. The molecule has 0 atom stereocenters. The Kier molecular flexibility index (Phi) is 5.25. The predicted octanol–water partition coefficient (Wildman–Crippen LogP) is 3.13. The van der Waals surface area contributed by atoms with Crippen LogP contribution < -0.4 is 11.0 Å². The van der Waals surface area contributed by atoms with Crippen LogP contribution in [0.25, 0.3) is 11.0 Å². The van der Waals surface area contributed by atoms with E-state index in [1.807, 2.05) is 28.8 Å². The van der Waals surface area contributed by atoms with E-state index in [1.165, 1.54) is 6.07 Å². The molecule has 4 rings (SSSR count). The highest BCUT2D eigenvalue weighted by molar-refractivity contribution is 5.90. The molecular formula is C21H23FN4O2. The zero-order valence-corrected chi connectivity index (χ0v) is 15.5. The monoisotopic (exact) mass is 382 g/mol. The molecule has 2 N–H and O–H groups in total. The van der Waals surface area contributed by atoms with Gasteiger partial charge >= 0.3 is 5.69 Å². The summed E-state index contributed by atoms with van der Waals surface area (Å²) in [5, 5.41) is 2.62. The molecular weight excluding hydrogens is 359 g/mol. The molecule has 1 aromatic heterocycles. The van der Waals surface area contributed by atoms with Crippen molar-refractivity contribution in [3.8, 4) is 0 Å². The number of imidazole rings is 1. The van der Waals surface area contributed by atoms with E-state index in [-0.39, 0.29) is 23.3 Å². The van der Waals surface area contributed by atoms with E-state index in [1.54, 1.807) is 18.2 Å². The second kappa shape index (κ2) is 7.98. The van der Waals surface area contributed by atoms with E-state index in [4.69, 9.17) is 0 Å². The van der Waals surface area contributed by atoms with Crippen molar-refractivity contribution in [2.75, 3.05) is 25.0 Å². The fraction of sp³-hybridized carbons (Fsp3) is 0.333. The van der Waals surface area contributed by atoms with Crippen LogP contribution in [-0.4, -0.2) is 40.0 Å². The number of nitrogens with one attached hydrogen (secondary N) is 2. The third kappa shape index (κ3) is 3.84. The van der Waals surface area contributed by atoms with Gasteiger partial charge in [0, 0.05) is 32.1 Å². The van der Waals surface area contributed by atoms with Gasteiger partial charge in [0.05, 0.1) is 16.7 Å². The van der Waals surface area contributed by atoms with Crippen LogP contribution in [0.5, 0.6) is 0 Å². The Hall–Kier alpha value is -2.93. The molecule has 0 aliphatic carbocycles. The summed E-state index contributed by atoms with van der Waals surface area (Å²) in [6.07, 6.45) is 2.03. The Balaban J connectivity index is 1.31. The summed E-state index contributed by atoms with van der Waals surface area (Å²) in [5.74, 6) is -0.624. The summed E-state index contributed by atoms with van der Waals surface area (Å²) < 4.78 is 15.5. The lowest BCUT2D eigenvalue weighted by atomic mass is 10.0. The van der Waals surface area contributed by atoms with E-state index in [9.17, 15) is 14.0 Å². The summed E-state index contributed by atoms with van der Waals surface area (Å²) in [6.45, 7) is 2.27. The Morgan fingerprint density at radius 2 is 1.82 bits per heavy atom. The summed E-state index contributed by atoms with van der Waals surface area (Å²) in [6, 6.07) is 14.1. The minimum absolute atomic E-state index is 0.0658. The summed E-state index contributed by atoms with van der Waals surface area (Å²) in [7, 11) is 0. The van der Waals surface area contributed by atoms with Crippen LogP contribution in [0.3, 0.4) is 0 Å². The van der Waals surface area contributed by atoms with Crippen LogP contribution in [0.15, 0.2) is 53.3 Å². The van der Waals surface area contributed by atoms with Crippen LogP contribution in [-0.2, 0) is 4.79 Å². The molecule has 28 heavy (non-hydrogen) atoms. The molecule has 0 radical (unpaired) electrons. The van der Waals surface area contributed by atoms with Gasteiger partial charge in [0.15, 0.2) is 0 Å². The van der Waals surface area contributed by atoms with Gasteiger partial charge in [0.1, 0.15) is 5.82 Å². The van der Waals surface area contributed by atoms with Gasteiger partial charge in [-0.1, -0.05) is 24.3 Å². The maximum absolute atomic E-state index is 13.6. The lowest BCUT2D eigenvalue weighted by molar-refractivity contribution is -0.116. The van der Waals surface area contributed by atoms with E-state index < -0.39 is 5.82 Å². The van der Waals surface area contributed by atoms with Gasteiger partial charge in [-0.25, -0.2) is 9.18 Å². The SMILES string of the molecule is O=C(CCN1CCC(n2c(=O)[nH]c3ccccc32)CC1)Nc1ccccc1F. The molecule has 7 heteroatoms. The number of hydrogen-bond acceptors (Lipinski definition) is 3. The molecule has 146 valence electrons. The van der Waals surface area contributed by atoms with Gasteiger partial charge in [0.2, 0.25) is 5.91 Å². The number of likely N-dealkylation sites (tertiary alicyclic amines) is 1. The van der Waals surface area contributed by atoms with Crippen LogP contribution in [0.1, 0.15) is 25.3 Å². The van der Waals surface area contributed by atoms with Crippen molar-refractivity contribution in [1.29, 1.82) is 0 Å². The maximum atomic E-state index is 13.6. The highest BCUT2D eigenvalue weighted by atomic mass is 19.1. The van der Waals surface area contributed by atoms with Gasteiger partial charge in [-0.3, -0.25) is 9.36 Å². The number of rotatable bonds is 5. The molecule has 6 nitrogen and oxygen atoms in total. The Morgan fingerprint density at radius 1 is 1.11 bits per heavy atom. The Bertz CT molecular complexity index is 1030.